The van der Waals surface area contributed by atoms with Gasteiger partial charge in [0, 0.05) is 18.8 Å². The maximum atomic E-state index is 4.53. The number of aliphatic imine (C=N–C) groups is 2. The van der Waals surface area contributed by atoms with Gasteiger partial charge in [-0.3, -0.25) is 9.98 Å². The van der Waals surface area contributed by atoms with Gasteiger partial charge in [0.05, 0.1) is 17.9 Å². The van der Waals surface area contributed by atoms with Crippen LogP contribution in [0.25, 0.3) is 0 Å². The van der Waals surface area contributed by atoms with Crippen molar-refractivity contribution in [3.8, 4) is 0 Å². The van der Waals surface area contributed by atoms with Crippen LogP contribution in [0.15, 0.2) is 70.2 Å². The molecule has 0 bridgehead atoms. The van der Waals surface area contributed by atoms with Crippen molar-refractivity contribution in [2.45, 2.75) is 26.7 Å². The lowest BCUT2D eigenvalue weighted by molar-refractivity contribution is 0.622. The average Bonchev–Trinajstić information content (AvgIpc) is 2.95. The van der Waals surface area contributed by atoms with E-state index in [0.29, 0.717) is 0 Å². The summed E-state index contributed by atoms with van der Waals surface area (Å²) in [5.41, 5.74) is 10.3. The van der Waals surface area contributed by atoms with E-state index in [0.717, 1.165) is 55.1 Å². The van der Waals surface area contributed by atoms with Crippen molar-refractivity contribution in [2.75, 3.05) is 24.6 Å². The molecule has 4 heteroatoms. The number of rotatable bonds is 10. The molecule has 1 aromatic rings. The lowest BCUT2D eigenvalue weighted by Crippen LogP contribution is -2.40. The second-order valence-corrected chi connectivity index (χ2v) is 6.23. The van der Waals surface area contributed by atoms with Crippen molar-refractivity contribution in [3.05, 3.63) is 60.2 Å². The topological polar surface area (TPSA) is 40.0 Å². The molecule has 0 saturated carbocycles. The number of hydrogen-bond acceptors (Lipinski definition) is 4. The van der Waals surface area contributed by atoms with Gasteiger partial charge in [0.15, 0.2) is 0 Å². The molecule has 2 rings (SSSR count). The van der Waals surface area contributed by atoms with Gasteiger partial charge in [0.2, 0.25) is 0 Å². The Bertz CT molecular complexity index is 712. The summed E-state index contributed by atoms with van der Waals surface area (Å²) in [5.74, 6) is 0. The molecule has 1 aliphatic rings. The predicted molar refractivity (Wildman–Crippen MR) is 110 cm³/mol. The standard InChI is InChI=1S/C21H28N4/c1-6-16(2)11-13-24-25(21-10-8-7-9-20(21)22-5)14-12-19-17(3)15-23-18(19)4/h6-10,24H,1-2,5,11-15H2,3-4H3. The zero-order chi connectivity index (χ0) is 18.2. The minimum absolute atomic E-state index is 0.793. The molecule has 0 spiro atoms. The highest BCUT2D eigenvalue weighted by molar-refractivity contribution is 6.00. The first-order valence-corrected chi connectivity index (χ1v) is 8.64. The van der Waals surface area contributed by atoms with E-state index in [1.807, 2.05) is 18.2 Å². The maximum absolute atomic E-state index is 4.53. The molecule has 1 heterocycles. The van der Waals surface area contributed by atoms with E-state index in [4.69, 9.17) is 0 Å². The molecule has 0 aliphatic carbocycles. The first-order chi connectivity index (χ1) is 12.1. The monoisotopic (exact) mass is 336 g/mol. The van der Waals surface area contributed by atoms with E-state index >= 15 is 0 Å². The van der Waals surface area contributed by atoms with Crippen LogP contribution in [0.1, 0.15) is 26.7 Å². The Morgan fingerprint density at radius 1 is 1.36 bits per heavy atom. The van der Waals surface area contributed by atoms with Gasteiger partial charge in [-0.2, -0.15) is 0 Å². The van der Waals surface area contributed by atoms with Gasteiger partial charge >= 0.3 is 0 Å². The Morgan fingerprint density at radius 3 is 2.76 bits per heavy atom. The zero-order valence-corrected chi connectivity index (χ0v) is 15.4. The van der Waals surface area contributed by atoms with Crippen LogP contribution in [0.5, 0.6) is 0 Å². The van der Waals surface area contributed by atoms with Crippen LogP contribution < -0.4 is 10.4 Å². The number of benzene rings is 1. The van der Waals surface area contributed by atoms with Crippen LogP contribution in [-0.2, 0) is 0 Å². The molecule has 25 heavy (non-hydrogen) atoms. The SMILES string of the molecule is C=CC(=C)CCNN(CCC1=C(C)CN=C1C)c1ccccc1N=C. The summed E-state index contributed by atoms with van der Waals surface area (Å²) in [6.07, 6.45) is 3.60. The first kappa shape index (κ1) is 18.9. The highest BCUT2D eigenvalue weighted by atomic mass is 15.5. The highest BCUT2D eigenvalue weighted by Gasteiger charge is 2.16. The van der Waals surface area contributed by atoms with E-state index in [-0.39, 0.29) is 0 Å². The molecule has 1 N–H and O–H groups in total. The van der Waals surface area contributed by atoms with Crippen LogP contribution in [0, 0.1) is 0 Å². The van der Waals surface area contributed by atoms with E-state index in [2.05, 4.69) is 60.2 Å². The molecule has 0 radical (unpaired) electrons. The summed E-state index contributed by atoms with van der Waals surface area (Å²) in [5, 5.41) is 2.16. The molecule has 0 amide bonds. The molecule has 1 aromatic carbocycles. The van der Waals surface area contributed by atoms with E-state index in [9.17, 15) is 0 Å². The van der Waals surface area contributed by atoms with Gasteiger partial charge in [-0.25, -0.2) is 5.43 Å². The Labute approximate surface area is 151 Å². The maximum Gasteiger partial charge on any atom is 0.0869 e. The van der Waals surface area contributed by atoms with Gasteiger partial charge in [-0.05, 0) is 56.7 Å². The van der Waals surface area contributed by atoms with Gasteiger partial charge in [0.25, 0.3) is 0 Å². The third-order valence-corrected chi connectivity index (χ3v) is 4.47. The number of hydrogen-bond donors (Lipinski definition) is 1. The Morgan fingerprint density at radius 2 is 2.12 bits per heavy atom. The lowest BCUT2D eigenvalue weighted by Gasteiger charge is -2.27. The Kier molecular flexibility index (Phi) is 6.90. The third kappa shape index (κ3) is 5.00. The summed E-state index contributed by atoms with van der Waals surface area (Å²) in [7, 11) is 0. The van der Waals surface area contributed by atoms with Crippen LogP contribution in [-0.4, -0.2) is 32.1 Å². The normalized spacial score (nSPS) is 13.6. The smallest absolute Gasteiger partial charge is 0.0869 e. The average molecular weight is 336 g/mol. The fourth-order valence-electron chi connectivity index (χ4n) is 2.92. The minimum Gasteiger partial charge on any atom is -0.306 e. The molecule has 1 aliphatic heterocycles. The molecular formula is C21H28N4. The summed E-state index contributed by atoms with van der Waals surface area (Å²) in [6.45, 7) is 18.2. The van der Waals surface area contributed by atoms with Crippen molar-refractivity contribution in [1.82, 2.24) is 5.43 Å². The number of nitrogens with zero attached hydrogens (tertiary/aromatic N) is 3. The van der Waals surface area contributed by atoms with Crippen molar-refractivity contribution >= 4 is 23.8 Å². The minimum atomic E-state index is 0.793. The van der Waals surface area contributed by atoms with Crippen LogP contribution in [0.2, 0.25) is 0 Å². The summed E-state index contributed by atoms with van der Waals surface area (Å²) < 4.78 is 0. The lowest BCUT2D eigenvalue weighted by atomic mass is 10.0. The molecular weight excluding hydrogens is 308 g/mol. The Balaban J connectivity index is 2.12. The first-order valence-electron chi connectivity index (χ1n) is 8.64. The van der Waals surface area contributed by atoms with Crippen molar-refractivity contribution in [3.63, 3.8) is 0 Å². The van der Waals surface area contributed by atoms with E-state index in [1.54, 1.807) is 6.08 Å². The molecule has 0 unspecified atom stereocenters. The van der Waals surface area contributed by atoms with Gasteiger partial charge < -0.3 is 5.01 Å². The van der Waals surface area contributed by atoms with Crippen molar-refractivity contribution in [1.29, 1.82) is 0 Å². The predicted octanol–water partition coefficient (Wildman–Crippen LogP) is 4.64. The van der Waals surface area contributed by atoms with Crippen molar-refractivity contribution < 1.29 is 0 Å². The summed E-state index contributed by atoms with van der Waals surface area (Å²) >= 11 is 0. The van der Waals surface area contributed by atoms with E-state index in [1.165, 1.54) is 11.1 Å². The van der Waals surface area contributed by atoms with Gasteiger partial charge in [0.1, 0.15) is 0 Å². The van der Waals surface area contributed by atoms with E-state index < -0.39 is 0 Å². The molecule has 0 aromatic heterocycles. The molecule has 0 saturated heterocycles. The number of allylic oxidation sites excluding steroid dienone is 1. The highest BCUT2D eigenvalue weighted by Crippen LogP contribution is 2.28. The Hall–Kier alpha value is -2.46. The van der Waals surface area contributed by atoms with Crippen LogP contribution in [0.3, 0.4) is 0 Å². The quantitative estimate of drug-likeness (QED) is 0.384. The van der Waals surface area contributed by atoms with Crippen molar-refractivity contribution in [2.24, 2.45) is 9.98 Å². The number of nitrogens with one attached hydrogen (secondary N) is 1. The number of hydrazine groups is 1. The van der Waals surface area contributed by atoms with Crippen LogP contribution in [0.4, 0.5) is 11.4 Å². The number of para-hydroxylation sites is 2. The van der Waals surface area contributed by atoms with Crippen LogP contribution >= 0.6 is 0 Å². The fourth-order valence-corrected chi connectivity index (χ4v) is 2.92. The third-order valence-electron chi connectivity index (χ3n) is 4.47. The summed E-state index contributed by atoms with van der Waals surface area (Å²) in [4.78, 5) is 8.69. The molecule has 0 atom stereocenters. The summed E-state index contributed by atoms with van der Waals surface area (Å²) in [6, 6.07) is 8.04. The van der Waals surface area contributed by atoms with Gasteiger partial charge in [-0.1, -0.05) is 36.9 Å². The van der Waals surface area contributed by atoms with Gasteiger partial charge in [-0.15, -0.1) is 0 Å². The molecule has 0 fully saturated rings. The second-order valence-electron chi connectivity index (χ2n) is 6.23. The zero-order valence-electron chi connectivity index (χ0n) is 15.4. The second kappa shape index (κ2) is 9.14. The number of anilines is 1. The largest absolute Gasteiger partial charge is 0.306 e. The molecule has 4 nitrogen and oxygen atoms in total. The fraction of sp³-hybridized carbons (Fsp3) is 0.333. The molecule has 132 valence electrons.